The zero-order valence-electron chi connectivity index (χ0n) is 11.3. The monoisotopic (exact) mass is 315 g/mol. The number of hydrogen-bond acceptors (Lipinski definition) is 3. The molecule has 1 saturated heterocycles. The highest BCUT2D eigenvalue weighted by atomic mass is 35.5. The highest BCUT2D eigenvalue weighted by Gasteiger charge is 2.28. The van der Waals surface area contributed by atoms with E-state index >= 15 is 0 Å². The summed E-state index contributed by atoms with van der Waals surface area (Å²) in [5, 5.41) is 4.69. The van der Waals surface area contributed by atoms with Crippen molar-refractivity contribution in [3.05, 3.63) is 28.2 Å². The van der Waals surface area contributed by atoms with Crippen LogP contribution in [-0.2, 0) is 4.74 Å². The van der Waals surface area contributed by atoms with Crippen LogP contribution in [0.1, 0.15) is 25.7 Å². The van der Waals surface area contributed by atoms with Crippen LogP contribution in [0.3, 0.4) is 0 Å². The summed E-state index contributed by atoms with van der Waals surface area (Å²) in [6, 6.07) is 5.98. The van der Waals surface area contributed by atoms with Crippen LogP contribution in [0.4, 0.5) is 0 Å². The predicted molar refractivity (Wildman–Crippen MR) is 80.9 cm³/mol. The second kappa shape index (κ2) is 6.52. The number of ether oxygens (including phenoxy) is 2. The lowest BCUT2D eigenvalue weighted by atomic mass is 10.2. The summed E-state index contributed by atoms with van der Waals surface area (Å²) in [5.74, 6) is 0.700. The molecule has 3 rings (SSSR count). The maximum Gasteiger partial charge on any atom is 0.122 e. The van der Waals surface area contributed by atoms with Crippen molar-refractivity contribution in [1.29, 1.82) is 0 Å². The zero-order valence-corrected chi connectivity index (χ0v) is 12.8. The number of rotatable bonds is 6. The van der Waals surface area contributed by atoms with E-state index in [0.717, 1.165) is 25.4 Å². The van der Waals surface area contributed by atoms with Crippen LogP contribution in [-0.4, -0.2) is 31.4 Å². The molecule has 5 heteroatoms. The van der Waals surface area contributed by atoms with E-state index in [4.69, 9.17) is 32.7 Å². The van der Waals surface area contributed by atoms with E-state index in [-0.39, 0.29) is 6.10 Å². The van der Waals surface area contributed by atoms with Gasteiger partial charge in [0.1, 0.15) is 12.4 Å². The lowest BCUT2D eigenvalue weighted by molar-refractivity contribution is 0.0184. The van der Waals surface area contributed by atoms with Crippen molar-refractivity contribution in [1.82, 2.24) is 5.32 Å². The molecular weight excluding hydrogens is 297 g/mol. The van der Waals surface area contributed by atoms with Gasteiger partial charge in [0.15, 0.2) is 0 Å². The first-order valence-electron chi connectivity index (χ1n) is 7.17. The largest absolute Gasteiger partial charge is 0.491 e. The molecule has 110 valence electrons. The van der Waals surface area contributed by atoms with Crippen LogP contribution < -0.4 is 10.1 Å². The molecule has 0 spiro atoms. The molecule has 2 unspecified atom stereocenters. The SMILES string of the molecule is Clc1cc(Cl)cc(OCC2CCC(CNC3CC3)O2)c1. The van der Waals surface area contributed by atoms with E-state index in [9.17, 15) is 0 Å². The Morgan fingerprint density at radius 1 is 1.05 bits per heavy atom. The summed E-state index contributed by atoms with van der Waals surface area (Å²) in [5.41, 5.74) is 0. The van der Waals surface area contributed by atoms with Gasteiger partial charge in [-0.05, 0) is 43.9 Å². The lowest BCUT2D eigenvalue weighted by Gasteiger charge is -2.15. The third kappa shape index (κ3) is 4.26. The second-order valence-electron chi connectivity index (χ2n) is 5.56. The Kier molecular flexibility index (Phi) is 4.72. The third-order valence-electron chi connectivity index (χ3n) is 3.68. The molecule has 0 bridgehead atoms. The summed E-state index contributed by atoms with van der Waals surface area (Å²) in [6.45, 7) is 1.51. The Morgan fingerprint density at radius 3 is 2.45 bits per heavy atom. The topological polar surface area (TPSA) is 30.5 Å². The van der Waals surface area contributed by atoms with Crippen LogP contribution in [0.25, 0.3) is 0 Å². The summed E-state index contributed by atoms with van der Waals surface area (Å²) < 4.78 is 11.7. The van der Waals surface area contributed by atoms with Crippen molar-refractivity contribution in [3.63, 3.8) is 0 Å². The summed E-state index contributed by atoms with van der Waals surface area (Å²) in [4.78, 5) is 0. The first kappa shape index (κ1) is 14.5. The van der Waals surface area contributed by atoms with Crippen molar-refractivity contribution < 1.29 is 9.47 Å². The van der Waals surface area contributed by atoms with Crippen LogP contribution in [0.15, 0.2) is 18.2 Å². The molecule has 1 N–H and O–H groups in total. The maximum absolute atomic E-state index is 5.97. The Morgan fingerprint density at radius 2 is 1.75 bits per heavy atom. The van der Waals surface area contributed by atoms with Gasteiger partial charge < -0.3 is 14.8 Å². The van der Waals surface area contributed by atoms with E-state index in [1.807, 2.05) is 0 Å². The number of benzene rings is 1. The summed E-state index contributed by atoms with van der Waals surface area (Å²) in [6.07, 6.45) is 5.27. The average molecular weight is 316 g/mol. The van der Waals surface area contributed by atoms with E-state index in [1.165, 1.54) is 12.8 Å². The fraction of sp³-hybridized carbons (Fsp3) is 0.600. The van der Waals surface area contributed by atoms with Crippen molar-refractivity contribution in [2.45, 2.75) is 43.9 Å². The lowest BCUT2D eigenvalue weighted by Crippen LogP contribution is -2.29. The van der Waals surface area contributed by atoms with Gasteiger partial charge in [0.25, 0.3) is 0 Å². The maximum atomic E-state index is 5.97. The van der Waals surface area contributed by atoms with Crippen LogP contribution in [0.5, 0.6) is 5.75 Å². The molecule has 0 amide bonds. The van der Waals surface area contributed by atoms with Crippen LogP contribution >= 0.6 is 23.2 Å². The fourth-order valence-electron chi connectivity index (χ4n) is 2.44. The number of halogens is 2. The molecule has 1 aromatic carbocycles. The normalized spacial score (nSPS) is 25.9. The predicted octanol–water partition coefficient (Wildman–Crippen LogP) is 3.67. The molecule has 2 fully saturated rings. The fourth-order valence-corrected chi connectivity index (χ4v) is 2.95. The van der Waals surface area contributed by atoms with Crippen molar-refractivity contribution in [3.8, 4) is 5.75 Å². The van der Waals surface area contributed by atoms with Crippen LogP contribution in [0, 0.1) is 0 Å². The van der Waals surface area contributed by atoms with Gasteiger partial charge in [-0.1, -0.05) is 23.2 Å². The van der Waals surface area contributed by atoms with Crippen molar-refractivity contribution >= 4 is 23.2 Å². The molecule has 1 aliphatic heterocycles. The quantitative estimate of drug-likeness (QED) is 0.868. The van der Waals surface area contributed by atoms with Gasteiger partial charge in [0.05, 0.1) is 12.2 Å². The van der Waals surface area contributed by atoms with Gasteiger partial charge >= 0.3 is 0 Å². The van der Waals surface area contributed by atoms with Gasteiger partial charge in [0, 0.05) is 22.6 Å². The summed E-state index contributed by atoms with van der Waals surface area (Å²) >= 11 is 11.9. The average Bonchev–Trinajstić information content (AvgIpc) is 3.12. The van der Waals surface area contributed by atoms with E-state index < -0.39 is 0 Å². The molecule has 2 atom stereocenters. The van der Waals surface area contributed by atoms with Gasteiger partial charge in [-0.2, -0.15) is 0 Å². The zero-order chi connectivity index (χ0) is 13.9. The molecule has 3 nitrogen and oxygen atoms in total. The van der Waals surface area contributed by atoms with Crippen LogP contribution in [0.2, 0.25) is 10.0 Å². The van der Waals surface area contributed by atoms with E-state index in [2.05, 4.69) is 5.32 Å². The Labute approximate surface area is 129 Å². The molecule has 2 aliphatic rings. The van der Waals surface area contributed by atoms with E-state index in [0.29, 0.717) is 28.5 Å². The number of nitrogens with one attached hydrogen (secondary N) is 1. The number of hydrogen-bond donors (Lipinski definition) is 1. The van der Waals surface area contributed by atoms with Crippen molar-refractivity contribution in [2.24, 2.45) is 0 Å². The highest BCUT2D eigenvalue weighted by Crippen LogP contribution is 2.26. The molecule has 0 radical (unpaired) electrons. The minimum Gasteiger partial charge on any atom is -0.491 e. The Bertz CT molecular complexity index is 445. The molecule has 1 aliphatic carbocycles. The molecule has 1 heterocycles. The minimum absolute atomic E-state index is 0.166. The van der Waals surface area contributed by atoms with Gasteiger partial charge in [-0.15, -0.1) is 0 Å². The molecular formula is C15H19Cl2NO2. The molecule has 1 saturated carbocycles. The standard InChI is InChI=1S/C15H19Cl2NO2/c16-10-5-11(17)7-15(6-10)19-9-14-4-3-13(20-14)8-18-12-1-2-12/h5-7,12-14,18H,1-4,8-9H2. The van der Waals surface area contributed by atoms with Gasteiger partial charge in [-0.3, -0.25) is 0 Å². The van der Waals surface area contributed by atoms with E-state index in [1.54, 1.807) is 18.2 Å². The molecule has 1 aromatic rings. The Balaban J connectivity index is 1.42. The minimum atomic E-state index is 0.166. The van der Waals surface area contributed by atoms with Crippen molar-refractivity contribution in [2.75, 3.05) is 13.2 Å². The highest BCUT2D eigenvalue weighted by molar-refractivity contribution is 6.34. The summed E-state index contributed by atoms with van der Waals surface area (Å²) in [7, 11) is 0. The smallest absolute Gasteiger partial charge is 0.122 e. The van der Waals surface area contributed by atoms with Gasteiger partial charge in [-0.25, -0.2) is 0 Å². The first-order valence-corrected chi connectivity index (χ1v) is 7.92. The molecule has 20 heavy (non-hydrogen) atoms. The third-order valence-corrected chi connectivity index (χ3v) is 4.12. The first-order chi connectivity index (χ1) is 9.69. The van der Waals surface area contributed by atoms with Gasteiger partial charge in [0.2, 0.25) is 0 Å². The molecule has 0 aromatic heterocycles. The Hall–Kier alpha value is -0.480. The second-order valence-corrected chi connectivity index (χ2v) is 6.43.